The third-order valence-electron chi connectivity index (χ3n) is 0.606. The summed E-state index contributed by atoms with van der Waals surface area (Å²) >= 11 is 3.22. The smallest absolute Gasteiger partial charge is 0.307 e. The van der Waals surface area contributed by atoms with Crippen LogP contribution in [0.1, 0.15) is 13.3 Å². The minimum Gasteiger partial charge on any atom is -0.435 e. The van der Waals surface area contributed by atoms with E-state index in [1.807, 2.05) is 0 Å². The number of carbonyl (C=O) groups excluding carboxylic acids is 1. The fraction of sp³-hybridized carbons (Fsp3) is 0.500. The first-order valence-corrected chi connectivity index (χ1v) is 3.77. The van der Waals surface area contributed by atoms with Crippen molar-refractivity contribution in [1.82, 2.24) is 0 Å². The highest BCUT2D eigenvalue weighted by atomic mass is 79.9. The van der Waals surface area contributed by atoms with Crippen LogP contribution in [0, 0.1) is 0 Å². The second-order valence-corrected chi connectivity index (χ2v) is 2.25. The van der Waals surface area contributed by atoms with Crippen molar-refractivity contribution < 1.29 is 9.53 Å². The van der Waals surface area contributed by atoms with E-state index in [0.717, 1.165) is 11.8 Å². The highest BCUT2D eigenvalue weighted by Gasteiger charge is 1.82. The van der Waals surface area contributed by atoms with E-state index in [0.29, 0.717) is 0 Å². The minimum atomic E-state index is -0.277. The Hall–Kier alpha value is -0.310. The van der Waals surface area contributed by atoms with Gasteiger partial charge in [0.2, 0.25) is 0 Å². The fourth-order valence-electron chi connectivity index (χ4n) is 0.275. The Balaban J connectivity index is 3.14. The van der Waals surface area contributed by atoms with Gasteiger partial charge < -0.3 is 4.74 Å². The van der Waals surface area contributed by atoms with Crippen LogP contribution in [-0.4, -0.2) is 11.3 Å². The monoisotopic (exact) mass is 192 g/mol. The lowest BCUT2D eigenvalue weighted by Crippen LogP contribution is -1.89. The molecular weight excluding hydrogens is 184 g/mol. The Morgan fingerprint density at radius 1 is 1.78 bits per heavy atom. The number of hydrogen-bond acceptors (Lipinski definition) is 2. The maximum Gasteiger partial charge on any atom is 0.307 e. The van der Waals surface area contributed by atoms with Crippen molar-refractivity contribution in [2.45, 2.75) is 13.3 Å². The van der Waals surface area contributed by atoms with Gasteiger partial charge in [-0.1, -0.05) is 15.9 Å². The lowest BCUT2D eigenvalue weighted by molar-refractivity contribution is -0.135. The second kappa shape index (κ2) is 5.82. The number of allylic oxidation sites excluding steroid dienone is 1. The third kappa shape index (κ3) is 7.69. The molecule has 52 valence electrons. The van der Waals surface area contributed by atoms with Crippen molar-refractivity contribution in [3.63, 3.8) is 0 Å². The van der Waals surface area contributed by atoms with Crippen LogP contribution in [-0.2, 0) is 9.53 Å². The molecule has 0 radical (unpaired) electrons. The third-order valence-corrected chi connectivity index (χ3v) is 1.06. The molecule has 0 spiro atoms. The Morgan fingerprint density at radius 2 is 2.44 bits per heavy atom. The van der Waals surface area contributed by atoms with E-state index in [1.54, 1.807) is 6.08 Å². The Morgan fingerprint density at radius 3 is 2.89 bits per heavy atom. The normalized spacial score (nSPS) is 10.0. The molecule has 0 unspecified atom stereocenters. The summed E-state index contributed by atoms with van der Waals surface area (Å²) in [5.74, 6) is -0.277. The van der Waals surface area contributed by atoms with E-state index >= 15 is 0 Å². The van der Waals surface area contributed by atoms with E-state index in [2.05, 4.69) is 20.7 Å². The number of rotatable bonds is 3. The van der Waals surface area contributed by atoms with Crippen LogP contribution in [0.5, 0.6) is 0 Å². The van der Waals surface area contributed by atoms with Gasteiger partial charge in [-0.25, -0.2) is 0 Å². The van der Waals surface area contributed by atoms with Gasteiger partial charge in [0.1, 0.15) is 0 Å². The van der Waals surface area contributed by atoms with Crippen LogP contribution in [0.3, 0.4) is 0 Å². The van der Waals surface area contributed by atoms with Gasteiger partial charge in [-0.2, -0.15) is 0 Å². The van der Waals surface area contributed by atoms with Gasteiger partial charge in [0.05, 0.1) is 6.26 Å². The van der Waals surface area contributed by atoms with Gasteiger partial charge in [-0.3, -0.25) is 4.79 Å². The molecule has 0 aromatic rings. The number of ether oxygens (including phenoxy) is 1. The zero-order valence-electron chi connectivity index (χ0n) is 5.26. The van der Waals surface area contributed by atoms with Gasteiger partial charge in [-0.15, -0.1) is 0 Å². The standard InChI is InChI=1S/C6H9BrO2/c1-6(8)9-5-3-2-4-7/h3,5H,2,4H2,1H3/b5-3+. The van der Waals surface area contributed by atoms with Crippen LogP contribution in [0.15, 0.2) is 12.3 Å². The average Bonchev–Trinajstić information content (AvgIpc) is 1.80. The maximum absolute atomic E-state index is 10.1. The molecular formula is C6H9BrO2. The number of hydrogen-bond donors (Lipinski definition) is 0. The Kier molecular flexibility index (Phi) is 5.62. The van der Waals surface area contributed by atoms with Gasteiger partial charge in [-0.05, 0) is 12.5 Å². The molecule has 0 amide bonds. The van der Waals surface area contributed by atoms with Crippen LogP contribution >= 0.6 is 15.9 Å². The first kappa shape index (κ1) is 8.69. The van der Waals surface area contributed by atoms with Crippen molar-refractivity contribution in [3.8, 4) is 0 Å². The van der Waals surface area contributed by atoms with Gasteiger partial charge in [0.15, 0.2) is 0 Å². The molecule has 0 rings (SSSR count). The Labute approximate surface area is 63.0 Å². The zero-order valence-corrected chi connectivity index (χ0v) is 6.85. The van der Waals surface area contributed by atoms with Gasteiger partial charge >= 0.3 is 5.97 Å². The molecule has 2 nitrogen and oxygen atoms in total. The van der Waals surface area contributed by atoms with Crippen molar-refractivity contribution in [2.75, 3.05) is 5.33 Å². The number of alkyl halides is 1. The fourth-order valence-corrected chi connectivity index (χ4v) is 0.539. The van der Waals surface area contributed by atoms with Crippen LogP contribution in [0.2, 0.25) is 0 Å². The van der Waals surface area contributed by atoms with E-state index in [-0.39, 0.29) is 5.97 Å². The van der Waals surface area contributed by atoms with E-state index in [4.69, 9.17) is 0 Å². The molecule has 0 bridgehead atoms. The van der Waals surface area contributed by atoms with Crippen molar-refractivity contribution in [1.29, 1.82) is 0 Å². The molecule has 0 aliphatic heterocycles. The summed E-state index contributed by atoms with van der Waals surface area (Å²) in [6, 6.07) is 0. The van der Waals surface area contributed by atoms with Crippen LogP contribution < -0.4 is 0 Å². The quantitative estimate of drug-likeness (QED) is 0.388. The lowest BCUT2D eigenvalue weighted by atomic mass is 10.5. The molecule has 9 heavy (non-hydrogen) atoms. The van der Waals surface area contributed by atoms with Crippen molar-refractivity contribution in [3.05, 3.63) is 12.3 Å². The summed E-state index contributed by atoms with van der Waals surface area (Å²) in [6.07, 6.45) is 4.08. The lowest BCUT2D eigenvalue weighted by Gasteiger charge is -1.88. The maximum atomic E-state index is 10.1. The average molecular weight is 193 g/mol. The highest BCUT2D eigenvalue weighted by molar-refractivity contribution is 9.09. The van der Waals surface area contributed by atoms with Crippen molar-refractivity contribution >= 4 is 21.9 Å². The summed E-state index contributed by atoms with van der Waals surface area (Å²) in [5.41, 5.74) is 0. The Bertz CT molecular complexity index is 110. The molecule has 0 aromatic carbocycles. The summed E-state index contributed by atoms with van der Waals surface area (Å²) in [7, 11) is 0. The highest BCUT2D eigenvalue weighted by Crippen LogP contribution is 1.89. The molecule has 0 aliphatic carbocycles. The predicted molar refractivity (Wildman–Crippen MR) is 39.3 cm³/mol. The van der Waals surface area contributed by atoms with Crippen molar-refractivity contribution in [2.24, 2.45) is 0 Å². The SMILES string of the molecule is CC(=O)O/C=C/CCBr. The van der Waals surface area contributed by atoms with E-state index in [9.17, 15) is 4.79 Å². The number of esters is 1. The second-order valence-electron chi connectivity index (χ2n) is 1.46. The van der Waals surface area contributed by atoms with E-state index in [1.165, 1.54) is 13.2 Å². The summed E-state index contributed by atoms with van der Waals surface area (Å²) < 4.78 is 4.50. The van der Waals surface area contributed by atoms with E-state index < -0.39 is 0 Å². The molecule has 0 saturated carbocycles. The van der Waals surface area contributed by atoms with Gasteiger partial charge in [0.25, 0.3) is 0 Å². The zero-order chi connectivity index (χ0) is 7.11. The summed E-state index contributed by atoms with van der Waals surface area (Å²) in [6.45, 7) is 1.37. The number of carbonyl (C=O) groups is 1. The summed E-state index contributed by atoms with van der Waals surface area (Å²) in [4.78, 5) is 10.1. The first-order valence-electron chi connectivity index (χ1n) is 2.65. The molecule has 0 atom stereocenters. The topological polar surface area (TPSA) is 26.3 Å². The van der Waals surface area contributed by atoms with Crippen LogP contribution in [0.4, 0.5) is 0 Å². The molecule has 0 fully saturated rings. The number of halogens is 1. The summed E-state index contributed by atoms with van der Waals surface area (Å²) in [5, 5.41) is 0.894. The molecule has 0 aliphatic rings. The molecule has 0 aromatic heterocycles. The predicted octanol–water partition coefficient (Wildman–Crippen LogP) is 1.85. The first-order chi connectivity index (χ1) is 4.27. The molecule has 0 saturated heterocycles. The minimum absolute atomic E-state index is 0.277. The van der Waals surface area contributed by atoms with Gasteiger partial charge in [0, 0.05) is 12.3 Å². The molecule has 0 heterocycles. The molecule has 0 N–H and O–H groups in total. The van der Waals surface area contributed by atoms with Crippen LogP contribution in [0.25, 0.3) is 0 Å². The largest absolute Gasteiger partial charge is 0.435 e. The molecule has 3 heteroatoms.